The monoisotopic (exact) mass is 442 g/mol. The van der Waals surface area contributed by atoms with Gasteiger partial charge in [0.05, 0.1) is 12.6 Å². The fraction of sp³-hybridized carbons (Fsp3) is 0.440. The van der Waals surface area contributed by atoms with Crippen LogP contribution < -0.4 is 10.1 Å². The fourth-order valence-corrected chi connectivity index (χ4v) is 3.86. The smallest absolute Gasteiger partial charge is 0.258 e. The van der Waals surface area contributed by atoms with E-state index in [0.717, 1.165) is 11.1 Å². The number of nitrogens with one attached hydrogen (secondary N) is 1. The molecule has 0 aliphatic carbocycles. The van der Waals surface area contributed by atoms with E-state index < -0.39 is 11.5 Å². The number of halogens is 1. The number of nitrogens with zero attached hydrogens (tertiary/aromatic N) is 1. The van der Waals surface area contributed by atoms with Crippen LogP contribution in [0.4, 0.5) is 4.39 Å². The zero-order valence-electron chi connectivity index (χ0n) is 19.1. The summed E-state index contributed by atoms with van der Waals surface area (Å²) in [5.74, 6) is -0.0674. The Morgan fingerprint density at radius 1 is 1.19 bits per heavy atom. The van der Waals surface area contributed by atoms with Crippen LogP contribution in [0.3, 0.4) is 0 Å². The first-order valence-electron chi connectivity index (χ1n) is 10.8. The van der Waals surface area contributed by atoms with Crippen molar-refractivity contribution in [2.24, 2.45) is 5.41 Å². The lowest BCUT2D eigenvalue weighted by Crippen LogP contribution is -2.45. The van der Waals surface area contributed by atoms with Crippen LogP contribution in [0, 0.1) is 11.2 Å². The molecule has 0 aromatic heterocycles. The number of amides is 2. The highest BCUT2D eigenvalue weighted by Crippen LogP contribution is 2.39. The molecule has 1 heterocycles. The normalized spacial score (nSPS) is 15.8. The van der Waals surface area contributed by atoms with E-state index in [-0.39, 0.29) is 24.2 Å². The predicted molar refractivity (Wildman–Crippen MR) is 120 cm³/mol. The lowest BCUT2D eigenvalue weighted by molar-refractivity contribution is -0.141. The van der Waals surface area contributed by atoms with Crippen LogP contribution in [0.1, 0.15) is 43.5 Å². The highest BCUT2D eigenvalue weighted by Gasteiger charge is 2.37. The van der Waals surface area contributed by atoms with Crippen LogP contribution in [0.15, 0.2) is 42.5 Å². The molecule has 1 N–H and O–H groups in total. The quantitative estimate of drug-likeness (QED) is 0.667. The lowest BCUT2D eigenvalue weighted by atomic mass is 9.85. The molecule has 0 radical (unpaired) electrons. The van der Waals surface area contributed by atoms with Gasteiger partial charge in [-0.15, -0.1) is 0 Å². The summed E-state index contributed by atoms with van der Waals surface area (Å²) in [6, 6.07) is 11.6. The molecule has 1 aliphatic heterocycles. The summed E-state index contributed by atoms with van der Waals surface area (Å²) in [6.07, 6.45) is 0.695. The van der Waals surface area contributed by atoms with Crippen LogP contribution in [-0.4, -0.2) is 50.1 Å². The second-order valence-electron chi connectivity index (χ2n) is 8.95. The summed E-state index contributed by atoms with van der Waals surface area (Å²) >= 11 is 0. The topological polar surface area (TPSA) is 67.9 Å². The first-order valence-corrected chi connectivity index (χ1v) is 10.8. The second kappa shape index (κ2) is 10.1. The number of hydrogen-bond donors (Lipinski definition) is 1. The SMILES string of the molecule is COCCNC(=O)COc1ccc2c(c1)[C@H](c1cccc(F)c1)N(C(=O)C(C)(C)C)CC2. The molecule has 6 nitrogen and oxygen atoms in total. The molecular weight excluding hydrogens is 411 g/mol. The van der Waals surface area contributed by atoms with Crippen molar-refractivity contribution < 1.29 is 23.5 Å². The average Bonchev–Trinajstić information content (AvgIpc) is 2.75. The number of methoxy groups -OCH3 is 1. The maximum atomic E-state index is 14.1. The van der Waals surface area contributed by atoms with Crippen LogP contribution >= 0.6 is 0 Å². The Labute approximate surface area is 188 Å². The number of benzene rings is 2. The summed E-state index contributed by atoms with van der Waals surface area (Å²) in [5, 5.41) is 2.71. The summed E-state index contributed by atoms with van der Waals surface area (Å²) in [5.41, 5.74) is 2.10. The number of carbonyl (C=O) groups is 2. The minimum absolute atomic E-state index is 0.00116. The molecule has 0 bridgehead atoms. The van der Waals surface area contributed by atoms with Crippen LogP contribution in [0.5, 0.6) is 5.75 Å². The van der Waals surface area contributed by atoms with Crippen molar-refractivity contribution in [2.75, 3.05) is 33.4 Å². The Hall–Kier alpha value is -2.93. The molecule has 3 rings (SSSR count). The fourth-order valence-electron chi connectivity index (χ4n) is 3.86. The highest BCUT2D eigenvalue weighted by molar-refractivity contribution is 5.83. The van der Waals surface area contributed by atoms with Crippen molar-refractivity contribution in [2.45, 2.75) is 33.2 Å². The minimum atomic E-state index is -0.572. The van der Waals surface area contributed by atoms with Crippen molar-refractivity contribution in [1.82, 2.24) is 10.2 Å². The largest absolute Gasteiger partial charge is 0.484 e. The third kappa shape index (κ3) is 5.65. The maximum absolute atomic E-state index is 14.1. The van der Waals surface area contributed by atoms with Crippen LogP contribution in [0.25, 0.3) is 0 Å². The maximum Gasteiger partial charge on any atom is 0.258 e. The van der Waals surface area contributed by atoms with Gasteiger partial charge in [-0.05, 0) is 47.4 Å². The molecule has 0 unspecified atom stereocenters. The van der Waals surface area contributed by atoms with E-state index in [1.807, 2.05) is 49.9 Å². The number of hydrogen-bond acceptors (Lipinski definition) is 4. The van der Waals surface area contributed by atoms with Gasteiger partial charge in [-0.2, -0.15) is 0 Å². The molecule has 7 heteroatoms. The Kier molecular flexibility index (Phi) is 7.51. The molecule has 2 aromatic rings. The third-order valence-electron chi connectivity index (χ3n) is 5.41. The summed E-state index contributed by atoms with van der Waals surface area (Å²) in [4.78, 5) is 27.0. The van der Waals surface area contributed by atoms with Gasteiger partial charge in [0.1, 0.15) is 11.6 Å². The number of fused-ring (bicyclic) bond motifs is 1. The summed E-state index contributed by atoms with van der Waals surface area (Å²) in [7, 11) is 1.57. The molecule has 0 spiro atoms. The summed E-state index contributed by atoms with van der Waals surface area (Å²) in [6.45, 7) is 6.91. The third-order valence-corrected chi connectivity index (χ3v) is 5.41. The van der Waals surface area contributed by atoms with Crippen molar-refractivity contribution in [1.29, 1.82) is 0 Å². The average molecular weight is 443 g/mol. The molecule has 0 saturated carbocycles. The molecule has 2 amide bonds. The molecule has 2 aromatic carbocycles. The molecule has 32 heavy (non-hydrogen) atoms. The molecule has 0 saturated heterocycles. The number of rotatable bonds is 7. The van der Waals surface area contributed by atoms with Crippen molar-refractivity contribution in [3.8, 4) is 5.75 Å². The Bertz CT molecular complexity index is 971. The van der Waals surface area contributed by atoms with E-state index in [0.29, 0.717) is 37.4 Å². The van der Waals surface area contributed by atoms with Gasteiger partial charge >= 0.3 is 0 Å². The second-order valence-corrected chi connectivity index (χ2v) is 8.95. The van der Waals surface area contributed by atoms with Crippen molar-refractivity contribution in [3.63, 3.8) is 0 Å². The molecule has 1 atom stereocenters. The zero-order chi connectivity index (χ0) is 23.3. The number of carbonyl (C=O) groups excluding carboxylic acids is 2. The first-order chi connectivity index (χ1) is 15.2. The Balaban J connectivity index is 1.91. The van der Waals surface area contributed by atoms with E-state index in [1.165, 1.54) is 12.1 Å². The van der Waals surface area contributed by atoms with E-state index in [9.17, 15) is 14.0 Å². The van der Waals surface area contributed by atoms with Crippen molar-refractivity contribution in [3.05, 3.63) is 65.0 Å². The van der Waals surface area contributed by atoms with Gasteiger partial charge in [-0.3, -0.25) is 9.59 Å². The lowest BCUT2D eigenvalue weighted by Gasteiger charge is -2.41. The molecule has 1 aliphatic rings. The summed E-state index contributed by atoms with van der Waals surface area (Å²) < 4.78 is 24.7. The van der Waals surface area contributed by atoms with Crippen LogP contribution in [0.2, 0.25) is 0 Å². The van der Waals surface area contributed by atoms with Crippen LogP contribution in [-0.2, 0) is 20.7 Å². The van der Waals surface area contributed by atoms with Gasteiger partial charge < -0.3 is 19.7 Å². The predicted octanol–water partition coefficient (Wildman–Crippen LogP) is 3.49. The van der Waals surface area contributed by atoms with E-state index in [4.69, 9.17) is 9.47 Å². The van der Waals surface area contributed by atoms with Gasteiger partial charge in [0, 0.05) is 25.6 Å². The first kappa shape index (κ1) is 23.7. The van der Waals surface area contributed by atoms with Gasteiger partial charge in [0.2, 0.25) is 5.91 Å². The van der Waals surface area contributed by atoms with Crippen molar-refractivity contribution >= 4 is 11.8 Å². The highest BCUT2D eigenvalue weighted by atomic mass is 19.1. The van der Waals surface area contributed by atoms with E-state index in [1.54, 1.807) is 13.2 Å². The molecule has 0 fully saturated rings. The van der Waals surface area contributed by atoms with Gasteiger partial charge in [-0.25, -0.2) is 4.39 Å². The minimum Gasteiger partial charge on any atom is -0.484 e. The standard InChI is InChI=1S/C25H31FN2O4/c1-25(2,3)24(30)28-12-10-17-8-9-20(32-16-22(29)27-11-13-31-4)15-21(17)23(28)18-6-5-7-19(26)14-18/h5-9,14-15,23H,10-13,16H2,1-4H3,(H,27,29)/t23-/m0/s1. The molecular formula is C25H31FN2O4. The van der Waals surface area contributed by atoms with E-state index >= 15 is 0 Å². The molecule has 172 valence electrons. The van der Waals surface area contributed by atoms with Gasteiger partial charge in [0.15, 0.2) is 6.61 Å². The zero-order valence-corrected chi connectivity index (χ0v) is 19.1. The van der Waals surface area contributed by atoms with Gasteiger partial charge in [0.25, 0.3) is 5.91 Å². The van der Waals surface area contributed by atoms with E-state index in [2.05, 4.69) is 5.32 Å². The number of ether oxygens (including phenoxy) is 2. The van der Waals surface area contributed by atoms with Gasteiger partial charge in [-0.1, -0.05) is 39.0 Å². The Morgan fingerprint density at radius 3 is 2.66 bits per heavy atom. The Morgan fingerprint density at radius 2 is 1.97 bits per heavy atom.